The summed E-state index contributed by atoms with van der Waals surface area (Å²) in [7, 11) is 0. The van der Waals surface area contributed by atoms with Crippen molar-refractivity contribution in [3.63, 3.8) is 0 Å². The number of hydrogen-bond acceptors (Lipinski definition) is 6. The molecule has 3 rings (SSSR count). The number of rotatable bonds is 6. The van der Waals surface area contributed by atoms with Crippen LogP contribution in [0.2, 0.25) is 0 Å². The lowest BCUT2D eigenvalue weighted by Gasteiger charge is -2.29. The Hall–Kier alpha value is -3.43. The molecule has 1 atom stereocenters. The van der Waals surface area contributed by atoms with Crippen molar-refractivity contribution in [2.75, 3.05) is 18.1 Å². The molecule has 10 nitrogen and oxygen atoms in total. The Bertz CT molecular complexity index is 836. The molecule has 10 heteroatoms. The summed E-state index contributed by atoms with van der Waals surface area (Å²) in [4.78, 5) is 36.1. The van der Waals surface area contributed by atoms with Gasteiger partial charge in [-0.3, -0.25) is 29.3 Å². The maximum Gasteiger partial charge on any atom is 0.271 e. The second-order valence-corrected chi connectivity index (χ2v) is 5.87. The van der Waals surface area contributed by atoms with Crippen molar-refractivity contribution < 1.29 is 19.2 Å². The Labute approximate surface area is 148 Å². The van der Waals surface area contributed by atoms with E-state index in [9.17, 15) is 19.7 Å². The number of carbonyl (C=O) groups excluding carboxylic acids is 2. The molecule has 1 aromatic carbocycles. The third-order valence-electron chi connectivity index (χ3n) is 3.83. The first-order valence-electron chi connectivity index (χ1n) is 7.92. The van der Waals surface area contributed by atoms with Crippen LogP contribution in [0.15, 0.2) is 36.7 Å². The standard InChI is InChI=1S/C16H17N5O5/c1-11(8-19-6-2-5-17-19)18-15(22)9-20-13-7-12(21(24)25)3-4-14(13)26-10-16(20)23/h2-7,11H,8-10H2,1H3,(H,18,22)/t11-/m0/s1. The normalized spacial score (nSPS) is 14.3. The molecule has 0 saturated heterocycles. The van der Waals surface area contributed by atoms with Crippen LogP contribution in [0.5, 0.6) is 5.75 Å². The van der Waals surface area contributed by atoms with Gasteiger partial charge >= 0.3 is 0 Å². The van der Waals surface area contributed by atoms with E-state index in [4.69, 9.17) is 4.74 Å². The number of nitrogens with one attached hydrogen (secondary N) is 1. The summed E-state index contributed by atoms with van der Waals surface area (Å²) in [6.45, 7) is 1.83. The van der Waals surface area contributed by atoms with E-state index in [0.717, 1.165) is 0 Å². The molecule has 1 N–H and O–H groups in total. The average molecular weight is 359 g/mol. The molecule has 0 aliphatic carbocycles. The van der Waals surface area contributed by atoms with E-state index in [2.05, 4.69) is 10.4 Å². The summed E-state index contributed by atoms with van der Waals surface area (Å²) in [6.07, 6.45) is 3.42. The molecule has 136 valence electrons. The first kappa shape index (κ1) is 17.4. The molecule has 0 fully saturated rings. The fourth-order valence-electron chi connectivity index (χ4n) is 2.68. The zero-order valence-corrected chi connectivity index (χ0v) is 14.0. The van der Waals surface area contributed by atoms with E-state index in [0.29, 0.717) is 12.3 Å². The number of ether oxygens (including phenoxy) is 1. The summed E-state index contributed by atoms with van der Waals surface area (Å²) in [5, 5.41) is 17.8. The molecule has 0 saturated carbocycles. The minimum atomic E-state index is -0.566. The van der Waals surface area contributed by atoms with Crippen LogP contribution in [0.4, 0.5) is 11.4 Å². The van der Waals surface area contributed by atoms with Crippen LogP contribution >= 0.6 is 0 Å². The van der Waals surface area contributed by atoms with Gasteiger partial charge in [-0.2, -0.15) is 5.10 Å². The maximum atomic E-state index is 12.3. The van der Waals surface area contributed by atoms with Crippen LogP contribution < -0.4 is 15.0 Å². The van der Waals surface area contributed by atoms with Gasteiger partial charge in [-0.1, -0.05) is 0 Å². The lowest BCUT2D eigenvalue weighted by molar-refractivity contribution is -0.384. The lowest BCUT2D eigenvalue weighted by atomic mass is 10.2. The number of nitro groups is 1. The number of benzene rings is 1. The van der Waals surface area contributed by atoms with Gasteiger partial charge in [0.05, 0.1) is 17.2 Å². The molecule has 0 spiro atoms. The predicted molar refractivity (Wildman–Crippen MR) is 90.8 cm³/mol. The SMILES string of the molecule is C[C@@H](Cn1cccn1)NC(=O)CN1C(=O)COc2ccc([N+](=O)[O-])cc21. The van der Waals surface area contributed by atoms with Gasteiger partial charge < -0.3 is 10.1 Å². The largest absolute Gasteiger partial charge is 0.482 e. The molecule has 2 heterocycles. The van der Waals surface area contributed by atoms with Gasteiger partial charge in [0, 0.05) is 30.6 Å². The predicted octanol–water partition coefficient (Wildman–Crippen LogP) is 0.722. The monoisotopic (exact) mass is 359 g/mol. The zero-order chi connectivity index (χ0) is 18.7. The Morgan fingerprint density at radius 1 is 1.50 bits per heavy atom. The highest BCUT2D eigenvalue weighted by molar-refractivity contribution is 6.02. The minimum Gasteiger partial charge on any atom is -0.482 e. The van der Waals surface area contributed by atoms with Gasteiger partial charge in [0.15, 0.2) is 6.61 Å². The number of amides is 2. The van der Waals surface area contributed by atoms with Crippen LogP contribution in [0.3, 0.4) is 0 Å². The Morgan fingerprint density at radius 2 is 2.31 bits per heavy atom. The minimum absolute atomic E-state index is 0.181. The molecule has 26 heavy (non-hydrogen) atoms. The van der Waals surface area contributed by atoms with Crippen molar-refractivity contribution in [3.8, 4) is 5.75 Å². The molecular weight excluding hydrogens is 342 g/mol. The summed E-state index contributed by atoms with van der Waals surface area (Å²) < 4.78 is 6.96. The first-order chi connectivity index (χ1) is 12.4. The van der Waals surface area contributed by atoms with Crippen LogP contribution in [-0.4, -0.2) is 45.7 Å². The third kappa shape index (κ3) is 3.79. The van der Waals surface area contributed by atoms with Gasteiger partial charge in [-0.05, 0) is 19.1 Å². The Balaban J connectivity index is 1.70. The van der Waals surface area contributed by atoms with Crippen molar-refractivity contribution in [1.29, 1.82) is 0 Å². The number of hydrogen-bond donors (Lipinski definition) is 1. The fraction of sp³-hybridized carbons (Fsp3) is 0.312. The number of anilines is 1. The second kappa shape index (κ2) is 7.21. The lowest BCUT2D eigenvalue weighted by Crippen LogP contribution is -2.47. The highest BCUT2D eigenvalue weighted by Gasteiger charge is 2.29. The van der Waals surface area contributed by atoms with Gasteiger partial charge in [-0.25, -0.2) is 0 Å². The van der Waals surface area contributed by atoms with Crippen molar-refractivity contribution in [1.82, 2.24) is 15.1 Å². The van der Waals surface area contributed by atoms with Crippen molar-refractivity contribution in [2.45, 2.75) is 19.5 Å². The third-order valence-corrected chi connectivity index (χ3v) is 3.83. The molecule has 0 bridgehead atoms. The highest BCUT2D eigenvalue weighted by atomic mass is 16.6. The van der Waals surface area contributed by atoms with Crippen molar-refractivity contribution >= 4 is 23.2 Å². The Kier molecular flexibility index (Phi) is 4.83. The van der Waals surface area contributed by atoms with Crippen LogP contribution in [-0.2, 0) is 16.1 Å². The number of carbonyl (C=O) groups is 2. The zero-order valence-electron chi connectivity index (χ0n) is 14.0. The van der Waals surface area contributed by atoms with E-state index < -0.39 is 10.8 Å². The first-order valence-corrected chi connectivity index (χ1v) is 7.92. The van der Waals surface area contributed by atoms with Gasteiger partial charge in [0.1, 0.15) is 12.3 Å². The summed E-state index contributed by atoms with van der Waals surface area (Å²) in [6, 6.07) is 5.52. The molecule has 2 aromatic rings. The smallest absolute Gasteiger partial charge is 0.271 e. The highest BCUT2D eigenvalue weighted by Crippen LogP contribution is 2.35. The van der Waals surface area contributed by atoms with Crippen LogP contribution in [0, 0.1) is 10.1 Å². The molecule has 1 aromatic heterocycles. The number of fused-ring (bicyclic) bond motifs is 1. The number of nitrogens with zero attached hydrogens (tertiary/aromatic N) is 4. The van der Waals surface area contributed by atoms with Crippen LogP contribution in [0.25, 0.3) is 0 Å². The van der Waals surface area contributed by atoms with E-state index in [1.54, 1.807) is 23.1 Å². The summed E-state index contributed by atoms with van der Waals surface area (Å²) in [5.41, 5.74) is 0.0323. The fourth-order valence-corrected chi connectivity index (χ4v) is 2.68. The average Bonchev–Trinajstić information content (AvgIpc) is 3.09. The molecule has 1 aliphatic rings. The van der Waals surface area contributed by atoms with Crippen LogP contribution in [0.1, 0.15) is 6.92 Å². The molecule has 2 amide bonds. The topological polar surface area (TPSA) is 120 Å². The van der Waals surface area contributed by atoms with E-state index in [-0.39, 0.29) is 36.5 Å². The van der Waals surface area contributed by atoms with E-state index in [1.165, 1.54) is 23.1 Å². The van der Waals surface area contributed by atoms with Gasteiger partial charge in [0.25, 0.3) is 11.6 Å². The molecule has 0 radical (unpaired) electrons. The van der Waals surface area contributed by atoms with Gasteiger partial charge in [-0.15, -0.1) is 0 Å². The number of non-ortho nitro benzene ring substituents is 1. The second-order valence-electron chi connectivity index (χ2n) is 5.87. The van der Waals surface area contributed by atoms with Crippen molar-refractivity contribution in [2.24, 2.45) is 0 Å². The Morgan fingerprint density at radius 3 is 3.00 bits per heavy atom. The molecule has 1 aliphatic heterocycles. The van der Waals surface area contributed by atoms with E-state index >= 15 is 0 Å². The number of nitro benzene ring substituents is 1. The van der Waals surface area contributed by atoms with E-state index in [1.807, 2.05) is 6.92 Å². The maximum absolute atomic E-state index is 12.3. The van der Waals surface area contributed by atoms with Gasteiger partial charge in [0.2, 0.25) is 5.91 Å². The number of aromatic nitrogens is 2. The molecule has 0 unspecified atom stereocenters. The molecular formula is C16H17N5O5. The van der Waals surface area contributed by atoms with Crippen molar-refractivity contribution in [3.05, 3.63) is 46.8 Å². The summed E-state index contributed by atoms with van der Waals surface area (Å²) in [5.74, 6) is -0.488. The summed E-state index contributed by atoms with van der Waals surface area (Å²) >= 11 is 0. The quantitative estimate of drug-likeness (QED) is 0.599.